The molecule has 1 saturated carbocycles. The summed E-state index contributed by atoms with van der Waals surface area (Å²) >= 11 is 0. The average molecular weight is 410 g/mol. The molecule has 4 aromatic rings. The van der Waals surface area contributed by atoms with E-state index < -0.39 is 14.0 Å². The minimum atomic E-state index is -2.62. The molecule has 1 aliphatic rings. The van der Waals surface area contributed by atoms with Gasteiger partial charge >= 0.3 is 0 Å². The van der Waals surface area contributed by atoms with Gasteiger partial charge in [0.15, 0.2) is 23.1 Å². The van der Waals surface area contributed by atoms with Crippen LogP contribution in [-0.4, -0.2) is 49.7 Å². The first-order valence-electron chi connectivity index (χ1n) is 12.2. The number of rotatable bonds is 5. The fraction of sp³-hybridized carbons (Fsp3) is 0.300. The Bertz CT molecular complexity index is 1490. The van der Waals surface area contributed by atoms with Crippen LogP contribution in [0, 0.1) is 11.8 Å². The lowest BCUT2D eigenvalue weighted by Gasteiger charge is -2.09. The van der Waals surface area contributed by atoms with Crippen LogP contribution in [-0.2, 0) is 4.79 Å². The van der Waals surface area contributed by atoms with Crippen LogP contribution in [0.5, 0.6) is 5.75 Å². The smallest absolute Gasteiger partial charge is 0.228 e. The molecule has 5 rings (SSSR count). The number of methoxy groups -OCH3 is 1. The van der Waals surface area contributed by atoms with Gasteiger partial charge in [0.2, 0.25) is 5.91 Å². The summed E-state index contributed by atoms with van der Waals surface area (Å²) in [5, 5.41) is 18.1. The summed E-state index contributed by atoms with van der Waals surface area (Å²) in [6, 6.07) is 4.56. The van der Waals surface area contributed by atoms with E-state index in [1.54, 1.807) is 12.1 Å². The van der Waals surface area contributed by atoms with Crippen molar-refractivity contribution in [3.8, 4) is 17.1 Å². The van der Waals surface area contributed by atoms with Gasteiger partial charge in [-0.2, -0.15) is 0 Å². The molecule has 1 aliphatic carbocycles. The van der Waals surface area contributed by atoms with Crippen molar-refractivity contribution in [2.45, 2.75) is 13.3 Å². The molecule has 0 bridgehead atoms. The van der Waals surface area contributed by atoms with Gasteiger partial charge < -0.3 is 15.4 Å². The lowest BCUT2D eigenvalue weighted by Crippen LogP contribution is -2.16. The van der Waals surface area contributed by atoms with Gasteiger partial charge in [0.25, 0.3) is 0 Å². The number of carbonyl (C=O) groups excluding carboxylic acids is 1. The molecule has 2 N–H and O–H groups in total. The Kier molecular flexibility index (Phi) is 2.92. The van der Waals surface area contributed by atoms with Gasteiger partial charge in [0.1, 0.15) is 11.3 Å². The number of hydrogen-bond donors (Lipinski definition) is 2. The summed E-state index contributed by atoms with van der Waals surface area (Å²) in [4.78, 5) is 21.1. The molecule has 4 heterocycles. The zero-order valence-electron chi connectivity index (χ0n) is 21.7. The van der Waals surface area contributed by atoms with Gasteiger partial charge in [0, 0.05) is 34.2 Å². The topological polar surface area (TPSA) is 119 Å². The largest absolute Gasteiger partial charge is 0.495 e. The number of fused-ring (bicyclic) bond motifs is 2. The highest BCUT2D eigenvalue weighted by molar-refractivity contribution is 6.01. The van der Waals surface area contributed by atoms with Crippen molar-refractivity contribution in [3.05, 3.63) is 30.6 Å². The van der Waals surface area contributed by atoms with E-state index >= 15 is 0 Å². The van der Waals surface area contributed by atoms with Gasteiger partial charge in [0.05, 0.1) is 17.3 Å². The maximum Gasteiger partial charge on any atom is 0.228 e. The molecule has 30 heavy (non-hydrogen) atoms. The summed E-state index contributed by atoms with van der Waals surface area (Å²) in [5.74, 6) is 0.501. The molecule has 152 valence electrons. The highest BCUT2D eigenvalue weighted by atomic mass is 16.5. The summed E-state index contributed by atoms with van der Waals surface area (Å²) in [5.41, 5.74) is 0.943. The Balaban J connectivity index is 1.59. The predicted molar refractivity (Wildman–Crippen MR) is 111 cm³/mol. The van der Waals surface area contributed by atoms with E-state index in [4.69, 9.17) is 13.0 Å². The van der Waals surface area contributed by atoms with E-state index in [1.165, 1.54) is 23.0 Å². The lowest BCUT2D eigenvalue weighted by molar-refractivity contribution is -0.117. The summed E-state index contributed by atoms with van der Waals surface area (Å²) < 4.78 is 50.6. The minimum Gasteiger partial charge on any atom is -0.495 e. The van der Waals surface area contributed by atoms with Gasteiger partial charge in [-0.3, -0.25) is 4.79 Å². The molecule has 0 spiro atoms. The van der Waals surface area contributed by atoms with Gasteiger partial charge in [-0.05, 0) is 30.5 Å². The quantitative estimate of drug-likeness (QED) is 0.515. The normalized spacial score (nSPS) is 21.6. The van der Waals surface area contributed by atoms with Crippen LogP contribution in [0.3, 0.4) is 0 Å². The number of nitrogens with zero attached hydrogens (tertiary/aromatic N) is 6. The van der Waals surface area contributed by atoms with E-state index in [0.717, 1.165) is 6.42 Å². The zero-order valence-corrected chi connectivity index (χ0v) is 15.7. The molecule has 1 fully saturated rings. The lowest BCUT2D eigenvalue weighted by atomic mass is 10.1. The number of ether oxygens (including phenoxy) is 1. The van der Waals surface area contributed by atoms with Crippen LogP contribution in [0.1, 0.15) is 21.6 Å². The third-order valence-corrected chi connectivity index (χ3v) is 5.11. The number of anilines is 2. The van der Waals surface area contributed by atoms with Crippen molar-refractivity contribution in [2.24, 2.45) is 11.8 Å². The standard InChI is InChI=1S/C20H20N8O2/c1-10-6-12(10)20(29)23-15-7-13-14(8-22-19(21-2)17(13)26-25-15)18-24-16-5-4-11(30-3)9-28(16)27-18/h4-5,7-10,12H,6H2,1-3H3,(H,21,22)(H,23,25,29)/t10-,12+/m1/s1/i2D3,3D3. The van der Waals surface area contributed by atoms with Crippen LogP contribution < -0.4 is 15.4 Å². The maximum absolute atomic E-state index is 12.4. The molecule has 1 amide bonds. The average Bonchev–Trinajstić information content (AvgIpc) is 3.35. The van der Waals surface area contributed by atoms with E-state index in [0.29, 0.717) is 22.5 Å². The summed E-state index contributed by atoms with van der Waals surface area (Å²) in [6.45, 7) is -0.547. The molecule has 4 aromatic heterocycles. The van der Waals surface area contributed by atoms with Crippen molar-refractivity contribution in [1.29, 1.82) is 0 Å². The van der Waals surface area contributed by atoms with Crippen LogP contribution in [0.15, 0.2) is 30.6 Å². The number of aromatic nitrogens is 6. The van der Waals surface area contributed by atoms with Crippen molar-refractivity contribution >= 4 is 34.1 Å². The Morgan fingerprint density at radius 2 is 2.27 bits per heavy atom. The van der Waals surface area contributed by atoms with Gasteiger partial charge in [-0.25, -0.2) is 14.5 Å². The van der Waals surface area contributed by atoms with Crippen molar-refractivity contribution < 1.29 is 17.8 Å². The maximum atomic E-state index is 12.4. The molecule has 10 nitrogen and oxygen atoms in total. The molecule has 0 aromatic carbocycles. The Morgan fingerprint density at radius 1 is 1.37 bits per heavy atom. The molecule has 0 radical (unpaired) electrons. The Morgan fingerprint density at radius 3 is 3.07 bits per heavy atom. The number of pyridine rings is 2. The van der Waals surface area contributed by atoms with E-state index in [9.17, 15) is 4.79 Å². The molecule has 0 saturated heterocycles. The van der Waals surface area contributed by atoms with Crippen molar-refractivity contribution in [3.63, 3.8) is 0 Å². The monoisotopic (exact) mass is 410 g/mol. The first-order chi connectivity index (χ1) is 16.9. The number of nitrogens with one attached hydrogen (secondary N) is 2. The van der Waals surface area contributed by atoms with Gasteiger partial charge in [-0.1, -0.05) is 6.92 Å². The van der Waals surface area contributed by atoms with Crippen LogP contribution in [0.2, 0.25) is 0 Å². The second-order valence-electron chi connectivity index (χ2n) is 7.15. The number of carbonyl (C=O) groups is 1. The first kappa shape index (κ1) is 12.7. The van der Waals surface area contributed by atoms with Crippen molar-refractivity contribution in [1.82, 2.24) is 29.8 Å². The predicted octanol–water partition coefficient (Wildman–Crippen LogP) is 2.38. The third-order valence-electron chi connectivity index (χ3n) is 5.11. The molecular formula is C20H20N8O2. The second kappa shape index (κ2) is 6.90. The summed E-state index contributed by atoms with van der Waals surface area (Å²) in [7, 11) is -2.62. The zero-order chi connectivity index (χ0) is 25.8. The molecule has 2 atom stereocenters. The Hall–Kier alpha value is -3.82. The van der Waals surface area contributed by atoms with E-state index in [1.807, 2.05) is 6.92 Å². The SMILES string of the molecule is [2H]C([2H])([2H])Nc1ncc(-c2nc3ccc(OC([2H])([2H])[2H])cn3n2)c2cc(NC(=O)[C@H]3C[C@H]3C)nnc12. The molecular weight excluding hydrogens is 384 g/mol. The third kappa shape index (κ3) is 3.06. The fourth-order valence-electron chi connectivity index (χ4n) is 3.31. The fourth-order valence-corrected chi connectivity index (χ4v) is 3.31. The van der Waals surface area contributed by atoms with Crippen molar-refractivity contribution in [2.75, 3.05) is 24.6 Å². The van der Waals surface area contributed by atoms with Crippen LogP contribution in [0.4, 0.5) is 11.6 Å². The highest BCUT2D eigenvalue weighted by Gasteiger charge is 2.39. The van der Waals surface area contributed by atoms with Gasteiger partial charge in [-0.15, -0.1) is 15.3 Å². The number of amides is 1. The van der Waals surface area contributed by atoms with Crippen LogP contribution >= 0.6 is 0 Å². The highest BCUT2D eigenvalue weighted by Crippen LogP contribution is 2.38. The molecule has 0 aliphatic heterocycles. The summed E-state index contributed by atoms with van der Waals surface area (Å²) in [6.07, 6.45) is 3.56. The second-order valence-corrected chi connectivity index (χ2v) is 7.15. The molecule has 0 unspecified atom stereocenters. The Labute approximate surface area is 180 Å². The minimum absolute atomic E-state index is 0.0212. The first-order valence-corrected chi connectivity index (χ1v) is 9.18. The molecule has 10 heteroatoms. The van der Waals surface area contributed by atoms with E-state index in [2.05, 4.69) is 35.9 Å². The van der Waals surface area contributed by atoms with Crippen LogP contribution in [0.25, 0.3) is 27.9 Å². The number of hydrogen-bond acceptors (Lipinski definition) is 8. The van der Waals surface area contributed by atoms with E-state index in [-0.39, 0.29) is 40.6 Å².